The van der Waals surface area contributed by atoms with Gasteiger partial charge in [-0.15, -0.1) is 0 Å². The number of nitro groups is 1. The molecule has 102 valence electrons. The average Bonchev–Trinajstić information content (AvgIpc) is 2.46. The van der Waals surface area contributed by atoms with Crippen LogP contribution in [0.3, 0.4) is 0 Å². The third-order valence-electron chi connectivity index (χ3n) is 2.69. The third kappa shape index (κ3) is 3.52. The maximum Gasteiger partial charge on any atom is 0.269 e. The summed E-state index contributed by atoms with van der Waals surface area (Å²) in [4.78, 5) is 10.4. The smallest absolute Gasteiger partial charge is 0.269 e. The maximum atomic E-state index is 10.5. The van der Waals surface area contributed by atoms with Crippen molar-refractivity contribution in [1.29, 1.82) is 0 Å². The molecule has 0 aliphatic carbocycles. The quantitative estimate of drug-likeness (QED) is 0.520. The number of non-ortho nitro benzene ring substituents is 1. The number of ether oxygens (including phenoxy) is 1. The summed E-state index contributed by atoms with van der Waals surface area (Å²) in [5, 5.41) is 10.5. The molecule has 0 spiro atoms. The van der Waals surface area contributed by atoms with Crippen molar-refractivity contribution < 1.29 is 9.66 Å². The zero-order valence-electron chi connectivity index (χ0n) is 10.5. The van der Waals surface area contributed by atoms with E-state index < -0.39 is 4.92 Å². The van der Waals surface area contributed by atoms with E-state index in [0.29, 0.717) is 17.3 Å². The van der Waals surface area contributed by atoms with Gasteiger partial charge >= 0.3 is 0 Å². The number of benzene rings is 2. The fourth-order valence-corrected chi connectivity index (χ4v) is 1.73. The topological polar surface area (TPSA) is 78.4 Å². The van der Waals surface area contributed by atoms with E-state index in [1.165, 1.54) is 12.1 Å². The van der Waals surface area contributed by atoms with Gasteiger partial charge in [-0.05, 0) is 42.0 Å². The predicted molar refractivity (Wildman–Crippen MR) is 79.8 cm³/mol. The molecule has 2 N–H and O–H groups in total. The van der Waals surface area contributed by atoms with Crippen LogP contribution in [0.5, 0.6) is 5.75 Å². The molecule has 0 amide bonds. The molecule has 0 bridgehead atoms. The van der Waals surface area contributed by atoms with Gasteiger partial charge in [-0.1, -0.05) is 12.2 Å². The number of hydrogen-bond acceptors (Lipinski definition) is 4. The SMILES string of the molecule is NC(=S)c1ccc(OCc2ccc([N+](=O)[O-])cc2)cc1. The minimum Gasteiger partial charge on any atom is -0.489 e. The second-order valence-corrected chi connectivity index (χ2v) is 4.54. The van der Waals surface area contributed by atoms with Crippen molar-refractivity contribution in [3.8, 4) is 5.75 Å². The number of hydrogen-bond donors (Lipinski definition) is 1. The number of nitro benzene ring substituents is 1. The molecule has 2 aromatic carbocycles. The van der Waals surface area contributed by atoms with E-state index in [0.717, 1.165) is 11.1 Å². The number of nitrogens with two attached hydrogens (primary N) is 1. The monoisotopic (exact) mass is 288 g/mol. The number of thiocarbonyl (C=S) groups is 1. The Balaban J connectivity index is 1.97. The van der Waals surface area contributed by atoms with Crippen molar-refractivity contribution in [3.63, 3.8) is 0 Å². The highest BCUT2D eigenvalue weighted by Gasteiger charge is 2.04. The first-order chi connectivity index (χ1) is 9.56. The Hall–Kier alpha value is -2.47. The van der Waals surface area contributed by atoms with Crippen LogP contribution in [0, 0.1) is 10.1 Å². The van der Waals surface area contributed by atoms with Crippen LogP contribution in [-0.4, -0.2) is 9.91 Å². The fraction of sp³-hybridized carbons (Fsp3) is 0.0714. The summed E-state index contributed by atoms with van der Waals surface area (Å²) in [6.07, 6.45) is 0. The molecule has 0 fully saturated rings. The standard InChI is InChI=1S/C14H12N2O3S/c15-14(20)11-3-7-13(8-4-11)19-9-10-1-5-12(6-2-10)16(17)18/h1-8H,9H2,(H2,15,20). The molecule has 0 aliphatic heterocycles. The minimum absolute atomic E-state index is 0.0644. The van der Waals surface area contributed by atoms with Gasteiger partial charge < -0.3 is 10.5 Å². The van der Waals surface area contributed by atoms with E-state index in [2.05, 4.69) is 0 Å². The summed E-state index contributed by atoms with van der Waals surface area (Å²) < 4.78 is 5.57. The van der Waals surface area contributed by atoms with Crippen molar-refractivity contribution in [3.05, 3.63) is 69.8 Å². The van der Waals surface area contributed by atoms with Gasteiger partial charge in [0.25, 0.3) is 5.69 Å². The molecule has 0 saturated heterocycles. The summed E-state index contributed by atoms with van der Waals surface area (Å²) in [5.74, 6) is 0.684. The molecule has 20 heavy (non-hydrogen) atoms. The molecule has 6 heteroatoms. The Morgan fingerprint density at radius 1 is 1.15 bits per heavy atom. The Morgan fingerprint density at radius 3 is 2.25 bits per heavy atom. The molecule has 0 unspecified atom stereocenters. The molecule has 0 radical (unpaired) electrons. The fourth-order valence-electron chi connectivity index (χ4n) is 1.60. The highest BCUT2D eigenvalue weighted by atomic mass is 32.1. The normalized spacial score (nSPS) is 10.0. The predicted octanol–water partition coefficient (Wildman–Crippen LogP) is 2.81. The van der Waals surface area contributed by atoms with Crippen LogP contribution in [-0.2, 0) is 6.61 Å². The summed E-state index contributed by atoms with van der Waals surface area (Å²) in [6.45, 7) is 0.338. The van der Waals surface area contributed by atoms with Gasteiger partial charge in [0.1, 0.15) is 17.3 Å². The molecule has 2 aromatic rings. The van der Waals surface area contributed by atoms with Gasteiger partial charge in [-0.2, -0.15) is 0 Å². The molecule has 5 nitrogen and oxygen atoms in total. The van der Waals surface area contributed by atoms with Crippen molar-refractivity contribution in [2.45, 2.75) is 6.61 Å². The van der Waals surface area contributed by atoms with E-state index in [-0.39, 0.29) is 5.69 Å². The number of nitrogens with zero attached hydrogens (tertiary/aromatic N) is 1. The van der Waals surface area contributed by atoms with Crippen LogP contribution in [0.25, 0.3) is 0 Å². The molecular formula is C14H12N2O3S. The van der Waals surface area contributed by atoms with E-state index >= 15 is 0 Å². The van der Waals surface area contributed by atoms with Gasteiger partial charge in [-0.3, -0.25) is 10.1 Å². The van der Waals surface area contributed by atoms with Crippen molar-refractivity contribution in [2.24, 2.45) is 5.73 Å². The molecule has 2 rings (SSSR count). The first kappa shape index (κ1) is 14.0. The molecule has 0 aliphatic rings. The van der Waals surface area contributed by atoms with Crippen molar-refractivity contribution >= 4 is 22.9 Å². The van der Waals surface area contributed by atoms with Gasteiger partial charge in [-0.25, -0.2) is 0 Å². The summed E-state index contributed by atoms with van der Waals surface area (Å²) in [5.41, 5.74) is 7.20. The average molecular weight is 288 g/mol. The molecule has 0 atom stereocenters. The van der Waals surface area contributed by atoms with Crippen LogP contribution >= 0.6 is 12.2 Å². The number of rotatable bonds is 5. The van der Waals surface area contributed by atoms with Crippen molar-refractivity contribution in [2.75, 3.05) is 0 Å². The Morgan fingerprint density at radius 2 is 1.75 bits per heavy atom. The lowest BCUT2D eigenvalue weighted by molar-refractivity contribution is -0.384. The van der Waals surface area contributed by atoms with Gasteiger partial charge in [0.2, 0.25) is 0 Å². The lowest BCUT2D eigenvalue weighted by Gasteiger charge is -2.07. The first-order valence-electron chi connectivity index (χ1n) is 5.82. The highest BCUT2D eigenvalue weighted by Crippen LogP contribution is 2.16. The molecule has 0 aromatic heterocycles. The summed E-state index contributed by atoms with van der Waals surface area (Å²) >= 11 is 4.86. The zero-order valence-corrected chi connectivity index (χ0v) is 11.3. The molecular weight excluding hydrogens is 276 g/mol. The second-order valence-electron chi connectivity index (χ2n) is 4.10. The van der Waals surface area contributed by atoms with E-state index in [1.54, 1.807) is 36.4 Å². The van der Waals surface area contributed by atoms with Gasteiger partial charge in [0, 0.05) is 17.7 Å². The van der Waals surface area contributed by atoms with Crippen LogP contribution in [0.15, 0.2) is 48.5 Å². The van der Waals surface area contributed by atoms with Crippen LogP contribution in [0.2, 0.25) is 0 Å². The van der Waals surface area contributed by atoms with Crippen LogP contribution in [0.1, 0.15) is 11.1 Å². The maximum absolute atomic E-state index is 10.5. The van der Waals surface area contributed by atoms with E-state index in [1.807, 2.05) is 0 Å². The lowest BCUT2D eigenvalue weighted by atomic mass is 10.2. The zero-order chi connectivity index (χ0) is 14.5. The Kier molecular flexibility index (Phi) is 4.27. The third-order valence-corrected chi connectivity index (χ3v) is 2.93. The Labute approximate surface area is 121 Å². The highest BCUT2D eigenvalue weighted by molar-refractivity contribution is 7.80. The molecule has 0 heterocycles. The summed E-state index contributed by atoms with van der Waals surface area (Å²) in [7, 11) is 0. The van der Waals surface area contributed by atoms with Gasteiger partial charge in [0.15, 0.2) is 0 Å². The van der Waals surface area contributed by atoms with E-state index in [4.69, 9.17) is 22.7 Å². The van der Waals surface area contributed by atoms with Crippen LogP contribution in [0.4, 0.5) is 5.69 Å². The van der Waals surface area contributed by atoms with Crippen molar-refractivity contribution in [1.82, 2.24) is 0 Å². The largest absolute Gasteiger partial charge is 0.489 e. The van der Waals surface area contributed by atoms with Crippen LogP contribution < -0.4 is 10.5 Å². The summed E-state index contributed by atoms with van der Waals surface area (Å²) in [6, 6.07) is 13.4. The Bertz CT molecular complexity index is 566. The lowest BCUT2D eigenvalue weighted by Crippen LogP contribution is -2.08. The van der Waals surface area contributed by atoms with Gasteiger partial charge in [0.05, 0.1) is 4.92 Å². The molecule has 0 saturated carbocycles. The van der Waals surface area contributed by atoms with E-state index in [9.17, 15) is 10.1 Å². The first-order valence-corrected chi connectivity index (χ1v) is 6.23. The second kappa shape index (κ2) is 6.12. The minimum atomic E-state index is -0.431.